The Morgan fingerprint density at radius 3 is 2.22 bits per heavy atom. The maximum absolute atomic E-state index is 12.9. The van der Waals surface area contributed by atoms with E-state index in [1.165, 1.54) is 12.1 Å². The smallest absolute Gasteiger partial charge is 0.475 e. The van der Waals surface area contributed by atoms with E-state index in [2.05, 4.69) is 20.3 Å². The number of nitrogens with zero attached hydrogens (tertiary/aromatic N) is 1. The molecule has 13 heteroatoms. The number of carboxylic acids is 1. The molecule has 0 aromatic heterocycles. The van der Waals surface area contributed by atoms with Crippen LogP contribution in [0.5, 0.6) is 0 Å². The number of amides is 1. The molecule has 2 aromatic carbocycles. The van der Waals surface area contributed by atoms with Gasteiger partial charge in [-0.1, -0.05) is 25.1 Å². The summed E-state index contributed by atoms with van der Waals surface area (Å²) in [5.41, 5.74) is 1.65. The summed E-state index contributed by atoms with van der Waals surface area (Å²) < 4.78 is 59.7. The fourth-order valence-corrected chi connectivity index (χ4v) is 4.25. The zero-order valence-electron chi connectivity index (χ0n) is 19.8. The van der Waals surface area contributed by atoms with Crippen LogP contribution in [0.4, 0.5) is 24.5 Å². The van der Waals surface area contributed by atoms with Gasteiger partial charge in [-0.15, -0.1) is 0 Å². The van der Waals surface area contributed by atoms with Crippen molar-refractivity contribution in [2.75, 3.05) is 35.8 Å². The summed E-state index contributed by atoms with van der Waals surface area (Å²) >= 11 is 0. The first kappa shape index (κ1) is 28.9. The first-order valence-corrected chi connectivity index (χ1v) is 12.6. The van der Waals surface area contributed by atoms with Crippen LogP contribution in [0.15, 0.2) is 53.4 Å². The maximum Gasteiger partial charge on any atom is 0.490 e. The van der Waals surface area contributed by atoms with Crippen molar-refractivity contribution in [3.63, 3.8) is 0 Å². The van der Waals surface area contributed by atoms with Crippen LogP contribution in [0.25, 0.3) is 0 Å². The highest BCUT2D eigenvalue weighted by Crippen LogP contribution is 2.27. The van der Waals surface area contributed by atoms with E-state index in [0.29, 0.717) is 11.3 Å². The highest BCUT2D eigenvalue weighted by Gasteiger charge is 2.38. The quantitative estimate of drug-likeness (QED) is 0.433. The van der Waals surface area contributed by atoms with E-state index in [9.17, 15) is 26.4 Å². The highest BCUT2D eigenvalue weighted by molar-refractivity contribution is 7.92. The van der Waals surface area contributed by atoms with Crippen molar-refractivity contribution in [2.24, 2.45) is 0 Å². The monoisotopic (exact) mass is 530 g/mol. The summed E-state index contributed by atoms with van der Waals surface area (Å²) in [4.78, 5) is 24.2. The number of benzene rings is 2. The molecule has 9 nitrogen and oxygen atoms in total. The second-order valence-electron chi connectivity index (χ2n) is 7.97. The summed E-state index contributed by atoms with van der Waals surface area (Å²) in [6, 6.07) is 13.4. The number of anilines is 2. The van der Waals surface area contributed by atoms with Gasteiger partial charge in [-0.2, -0.15) is 13.2 Å². The number of piperazine rings is 1. The molecular weight excluding hydrogens is 501 g/mol. The lowest BCUT2D eigenvalue weighted by molar-refractivity contribution is -0.192. The number of hydrogen-bond acceptors (Lipinski definition) is 6. The van der Waals surface area contributed by atoms with Crippen LogP contribution in [0, 0.1) is 0 Å². The van der Waals surface area contributed by atoms with Gasteiger partial charge in [0, 0.05) is 43.6 Å². The third-order valence-corrected chi connectivity index (χ3v) is 6.63. The molecule has 1 saturated heterocycles. The Balaban J connectivity index is 0.000000572. The van der Waals surface area contributed by atoms with Crippen LogP contribution in [0.2, 0.25) is 0 Å². The fraction of sp³-hybridized carbons (Fsp3) is 0.391. The molecule has 0 saturated carbocycles. The van der Waals surface area contributed by atoms with Crippen molar-refractivity contribution in [1.82, 2.24) is 10.6 Å². The molecule has 1 atom stereocenters. The number of rotatable bonds is 7. The molecule has 1 heterocycles. The van der Waals surface area contributed by atoms with Gasteiger partial charge >= 0.3 is 12.1 Å². The molecular formula is C23H29F3N4O5S. The van der Waals surface area contributed by atoms with Crippen molar-refractivity contribution in [2.45, 2.75) is 37.4 Å². The SMILES string of the molecule is CCC(C)NC(=O)c1cc(NS(=O)(=O)c2ccccc2)ccc1N1CCNCC1.O=C(O)C(F)(F)F. The average Bonchev–Trinajstić information content (AvgIpc) is 2.84. The molecule has 1 aliphatic rings. The number of hydrogen-bond donors (Lipinski definition) is 4. The lowest BCUT2D eigenvalue weighted by Gasteiger charge is -2.31. The van der Waals surface area contributed by atoms with Gasteiger partial charge in [-0.05, 0) is 43.7 Å². The van der Waals surface area contributed by atoms with Gasteiger partial charge < -0.3 is 20.6 Å². The second kappa shape index (κ2) is 12.6. The van der Waals surface area contributed by atoms with Crippen LogP contribution in [-0.4, -0.2) is 63.8 Å². The van der Waals surface area contributed by atoms with E-state index in [1.807, 2.05) is 19.9 Å². The molecule has 36 heavy (non-hydrogen) atoms. The average molecular weight is 531 g/mol. The predicted molar refractivity (Wildman–Crippen MR) is 130 cm³/mol. The molecule has 0 radical (unpaired) electrons. The molecule has 0 aliphatic carbocycles. The normalized spacial score (nSPS) is 14.8. The molecule has 4 N–H and O–H groups in total. The minimum absolute atomic E-state index is 0.0306. The number of carbonyl (C=O) groups excluding carboxylic acids is 1. The van der Waals surface area contributed by atoms with Crippen LogP contribution in [0.1, 0.15) is 30.6 Å². The van der Waals surface area contributed by atoms with Gasteiger partial charge in [0.05, 0.1) is 10.5 Å². The van der Waals surface area contributed by atoms with E-state index in [1.54, 1.807) is 30.3 Å². The molecule has 2 aromatic rings. The molecule has 3 rings (SSSR count). The summed E-state index contributed by atoms with van der Waals surface area (Å²) in [5.74, 6) is -2.96. The standard InChI is InChI=1S/C21H28N4O3S.C2HF3O2/c1-3-16(2)23-21(26)19-15-17(9-10-20(19)25-13-11-22-12-14-25)24-29(27,28)18-7-5-4-6-8-18;3-2(4,5)1(6)7/h4-10,15-16,22,24H,3,11-14H2,1-2H3,(H,23,26);(H,6,7). The van der Waals surface area contributed by atoms with E-state index in [0.717, 1.165) is 38.3 Å². The number of aliphatic carboxylic acids is 1. The van der Waals surface area contributed by atoms with Crippen molar-refractivity contribution >= 4 is 33.3 Å². The number of halogens is 3. The van der Waals surface area contributed by atoms with Crippen LogP contribution in [-0.2, 0) is 14.8 Å². The number of sulfonamides is 1. The largest absolute Gasteiger partial charge is 0.490 e. The Bertz CT molecular complexity index is 1140. The second-order valence-corrected chi connectivity index (χ2v) is 9.66. The Morgan fingerprint density at radius 2 is 1.69 bits per heavy atom. The Hall–Kier alpha value is -3.32. The van der Waals surface area contributed by atoms with E-state index >= 15 is 0 Å². The predicted octanol–water partition coefficient (Wildman–Crippen LogP) is 3.06. The summed E-state index contributed by atoms with van der Waals surface area (Å²) in [6.07, 6.45) is -4.27. The third-order valence-electron chi connectivity index (χ3n) is 5.24. The van der Waals surface area contributed by atoms with Crippen LogP contribution >= 0.6 is 0 Å². The summed E-state index contributed by atoms with van der Waals surface area (Å²) in [5, 5.41) is 13.4. The minimum Gasteiger partial charge on any atom is -0.475 e. The topological polar surface area (TPSA) is 128 Å². The van der Waals surface area contributed by atoms with E-state index in [4.69, 9.17) is 9.90 Å². The van der Waals surface area contributed by atoms with Crippen molar-refractivity contribution in [3.8, 4) is 0 Å². The zero-order chi connectivity index (χ0) is 26.9. The van der Waals surface area contributed by atoms with Gasteiger partial charge in [-0.3, -0.25) is 9.52 Å². The summed E-state index contributed by atoms with van der Waals surface area (Å²) in [7, 11) is -3.73. The van der Waals surface area contributed by atoms with Gasteiger partial charge in [-0.25, -0.2) is 13.2 Å². The lowest BCUT2D eigenvalue weighted by atomic mass is 10.1. The lowest BCUT2D eigenvalue weighted by Crippen LogP contribution is -2.44. The molecule has 0 bridgehead atoms. The van der Waals surface area contributed by atoms with E-state index in [-0.39, 0.29) is 16.8 Å². The first-order chi connectivity index (χ1) is 16.8. The number of carboxylic acid groups (broad SMARTS) is 1. The number of carbonyl (C=O) groups is 2. The van der Waals surface area contributed by atoms with Crippen LogP contribution < -0.4 is 20.3 Å². The summed E-state index contributed by atoms with van der Waals surface area (Å²) in [6.45, 7) is 7.22. The van der Waals surface area contributed by atoms with Gasteiger partial charge in [0.15, 0.2) is 0 Å². The molecule has 1 aliphatic heterocycles. The highest BCUT2D eigenvalue weighted by atomic mass is 32.2. The van der Waals surface area contributed by atoms with Crippen molar-refractivity contribution in [3.05, 3.63) is 54.1 Å². The van der Waals surface area contributed by atoms with E-state index < -0.39 is 22.2 Å². The molecule has 1 unspecified atom stereocenters. The Labute approximate surface area is 207 Å². The van der Waals surface area contributed by atoms with Gasteiger partial charge in [0.1, 0.15) is 0 Å². The minimum atomic E-state index is -5.08. The number of alkyl halides is 3. The van der Waals surface area contributed by atoms with Crippen LogP contribution in [0.3, 0.4) is 0 Å². The maximum atomic E-state index is 12.9. The fourth-order valence-electron chi connectivity index (χ4n) is 3.18. The third kappa shape index (κ3) is 8.41. The molecule has 1 amide bonds. The molecule has 1 fully saturated rings. The molecule has 198 valence electrons. The first-order valence-electron chi connectivity index (χ1n) is 11.1. The van der Waals surface area contributed by atoms with Gasteiger partial charge in [0.25, 0.3) is 15.9 Å². The van der Waals surface area contributed by atoms with Crippen molar-refractivity contribution < 1.29 is 36.3 Å². The van der Waals surface area contributed by atoms with Crippen molar-refractivity contribution in [1.29, 1.82) is 0 Å². The molecule has 0 spiro atoms. The van der Waals surface area contributed by atoms with Gasteiger partial charge in [0.2, 0.25) is 0 Å². The Kier molecular flexibility index (Phi) is 10.1. The zero-order valence-corrected chi connectivity index (χ0v) is 20.6. The number of nitrogens with one attached hydrogen (secondary N) is 3. The Morgan fingerprint density at radius 1 is 1.11 bits per heavy atom.